The van der Waals surface area contributed by atoms with E-state index in [0.29, 0.717) is 24.4 Å². The summed E-state index contributed by atoms with van der Waals surface area (Å²) >= 11 is 0. The molecule has 2 aromatic carbocycles. The van der Waals surface area contributed by atoms with Crippen molar-refractivity contribution in [2.24, 2.45) is 0 Å². The van der Waals surface area contributed by atoms with Gasteiger partial charge in [0, 0.05) is 24.7 Å². The van der Waals surface area contributed by atoms with Crippen LogP contribution in [0.4, 0.5) is 4.39 Å². The molecule has 4 rings (SSSR count). The Morgan fingerprint density at radius 3 is 2.79 bits per heavy atom. The van der Waals surface area contributed by atoms with Gasteiger partial charge in [0.25, 0.3) is 0 Å². The highest BCUT2D eigenvalue weighted by atomic mass is 19.1. The number of amides is 1. The summed E-state index contributed by atoms with van der Waals surface area (Å²) in [6, 6.07) is 10.8. The molecule has 1 aromatic heterocycles. The molecule has 0 bridgehead atoms. The molecule has 2 heterocycles. The van der Waals surface area contributed by atoms with Gasteiger partial charge in [-0.25, -0.2) is 4.39 Å². The Morgan fingerprint density at radius 1 is 1.29 bits per heavy atom. The Balaban J connectivity index is 1.62. The van der Waals surface area contributed by atoms with Crippen molar-refractivity contribution in [3.05, 3.63) is 61.1 Å². The van der Waals surface area contributed by atoms with Gasteiger partial charge in [0.1, 0.15) is 11.6 Å². The highest BCUT2D eigenvalue weighted by molar-refractivity contribution is 5.87. The van der Waals surface area contributed by atoms with Crippen LogP contribution in [0.1, 0.15) is 18.9 Å². The minimum atomic E-state index is -0.322. The molecule has 144 valence electrons. The van der Waals surface area contributed by atoms with E-state index in [1.54, 1.807) is 12.1 Å². The monoisotopic (exact) mass is 379 g/mol. The number of likely N-dealkylation sites (tertiary alicyclic amines) is 1. The third-order valence-corrected chi connectivity index (χ3v) is 5.33. The first-order chi connectivity index (χ1) is 13.6. The Morgan fingerprint density at radius 2 is 2.07 bits per heavy atom. The van der Waals surface area contributed by atoms with Gasteiger partial charge < -0.3 is 9.64 Å². The van der Waals surface area contributed by atoms with Crippen LogP contribution in [0.3, 0.4) is 0 Å². The molecule has 5 nitrogen and oxygen atoms in total. The molecular formula is C22H22FN3O2. The van der Waals surface area contributed by atoms with Crippen LogP contribution in [-0.2, 0) is 4.79 Å². The lowest BCUT2D eigenvalue weighted by atomic mass is 10.0. The molecule has 1 saturated heterocycles. The van der Waals surface area contributed by atoms with Gasteiger partial charge in [-0.1, -0.05) is 24.8 Å². The van der Waals surface area contributed by atoms with Gasteiger partial charge in [0.15, 0.2) is 0 Å². The highest BCUT2D eigenvalue weighted by Gasteiger charge is 2.23. The number of halogens is 1. The SMILES string of the molecule is C=CC(=O)N1CCC(n2cc3ccc(-c4c(F)cccc4OC)cc3n2)CC1. The van der Waals surface area contributed by atoms with Crippen molar-refractivity contribution in [1.29, 1.82) is 0 Å². The Labute approximate surface area is 163 Å². The first-order valence-electron chi connectivity index (χ1n) is 9.34. The number of piperidine rings is 1. The molecule has 0 spiro atoms. The van der Waals surface area contributed by atoms with E-state index in [1.807, 2.05) is 34.0 Å². The van der Waals surface area contributed by atoms with Gasteiger partial charge in [-0.3, -0.25) is 9.48 Å². The van der Waals surface area contributed by atoms with Crippen LogP contribution in [0, 0.1) is 5.82 Å². The number of nitrogens with zero attached hydrogens (tertiary/aromatic N) is 3. The van der Waals surface area contributed by atoms with Crippen molar-refractivity contribution in [3.8, 4) is 16.9 Å². The lowest BCUT2D eigenvalue weighted by Gasteiger charge is -2.31. The van der Waals surface area contributed by atoms with Gasteiger partial charge in [0.05, 0.1) is 24.2 Å². The summed E-state index contributed by atoms with van der Waals surface area (Å²) in [5.74, 6) is 0.156. The average molecular weight is 379 g/mol. The van der Waals surface area contributed by atoms with Crippen LogP contribution in [0.2, 0.25) is 0 Å². The molecule has 0 radical (unpaired) electrons. The molecule has 1 amide bonds. The normalized spacial score (nSPS) is 15.0. The largest absolute Gasteiger partial charge is 0.496 e. The second-order valence-electron chi connectivity index (χ2n) is 6.96. The predicted molar refractivity (Wildman–Crippen MR) is 107 cm³/mol. The van der Waals surface area contributed by atoms with Crippen LogP contribution in [0.5, 0.6) is 5.75 Å². The van der Waals surface area contributed by atoms with Crippen LogP contribution in [0.25, 0.3) is 22.0 Å². The average Bonchev–Trinajstić information content (AvgIpc) is 3.16. The van der Waals surface area contributed by atoms with Gasteiger partial charge in [-0.05, 0) is 42.7 Å². The van der Waals surface area contributed by atoms with Crippen molar-refractivity contribution in [2.75, 3.05) is 20.2 Å². The lowest BCUT2D eigenvalue weighted by molar-refractivity contribution is -0.127. The molecule has 1 fully saturated rings. The smallest absolute Gasteiger partial charge is 0.245 e. The van der Waals surface area contributed by atoms with Gasteiger partial charge in [-0.2, -0.15) is 5.10 Å². The molecule has 0 atom stereocenters. The quantitative estimate of drug-likeness (QED) is 0.639. The van der Waals surface area contributed by atoms with E-state index in [1.165, 1.54) is 19.3 Å². The maximum Gasteiger partial charge on any atom is 0.245 e. The van der Waals surface area contributed by atoms with Crippen molar-refractivity contribution in [3.63, 3.8) is 0 Å². The summed E-state index contributed by atoms with van der Waals surface area (Å²) in [6.07, 6.45) is 5.08. The van der Waals surface area contributed by atoms with E-state index in [-0.39, 0.29) is 17.8 Å². The third-order valence-electron chi connectivity index (χ3n) is 5.33. The Kier molecular flexibility index (Phi) is 4.86. The highest BCUT2D eigenvalue weighted by Crippen LogP contribution is 2.34. The van der Waals surface area contributed by atoms with E-state index in [9.17, 15) is 9.18 Å². The fraction of sp³-hybridized carbons (Fsp3) is 0.273. The van der Waals surface area contributed by atoms with Crippen molar-refractivity contribution < 1.29 is 13.9 Å². The van der Waals surface area contributed by atoms with E-state index >= 15 is 0 Å². The summed E-state index contributed by atoms with van der Waals surface area (Å²) in [5.41, 5.74) is 1.99. The Hall–Kier alpha value is -3.15. The number of benzene rings is 2. The summed E-state index contributed by atoms with van der Waals surface area (Å²) in [6.45, 7) is 4.94. The van der Waals surface area contributed by atoms with Crippen molar-refractivity contribution >= 4 is 16.8 Å². The zero-order valence-corrected chi connectivity index (χ0v) is 15.8. The van der Waals surface area contributed by atoms with E-state index in [0.717, 1.165) is 29.3 Å². The Bertz CT molecular complexity index is 1040. The van der Waals surface area contributed by atoms with Gasteiger partial charge >= 0.3 is 0 Å². The topological polar surface area (TPSA) is 47.4 Å². The van der Waals surface area contributed by atoms with Crippen LogP contribution < -0.4 is 4.74 Å². The molecule has 0 saturated carbocycles. The van der Waals surface area contributed by atoms with E-state index in [2.05, 4.69) is 6.58 Å². The second kappa shape index (κ2) is 7.46. The second-order valence-corrected chi connectivity index (χ2v) is 6.96. The number of ether oxygens (including phenoxy) is 1. The van der Waals surface area contributed by atoms with Gasteiger partial charge in [-0.15, -0.1) is 0 Å². The zero-order valence-electron chi connectivity index (χ0n) is 15.8. The molecule has 1 aliphatic heterocycles. The molecule has 0 aliphatic carbocycles. The first kappa shape index (κ1) is 18.2. The number of aromatic nitrogens is 2. The maximum atomic E-state index is 14.4. The summed E-state index contributed by atoms with van der Waals surface area (Å²) in [4.78, 5) is 13.6. The summed E-state index contributed by atoms with van der Waals surface area (Å²) in [5, 5.41) is 5.73. The fourth-order valence-electron chi connectivity index (χ4n) is 3.81. The van der Waals surface area contributed by atoms with Crippen molar-refractivity contribution in [2.45, 2.75) is 18.9 Å². The number of carbonyl (C=O) groups is 1. The number of rotatable bonds is 4. The molecule has 3 aromatic rings. The number of methoxy groups -OCH3 is 1. The minimum Gasteiger partial charge on any atom is -0.496 e. The van der Waals surface area contributed by atoms with E-state index < -0.39 is 0 Å². The molecular weight excluding hydrogens is 357 g/mol. The lowest BCUT2D eigenvalue weighted by Crippen LogP contribution is -2.38. The number of hydrogen-bond acceptors (Lipinski definition) is 3. The number of hydrogen-bond donors (Lipinski definition) is 0. The van der Waals surface area contributed by atoms with E-state index in [4.69, 9.17) is 9.84 Å². The van der Waals surface area contributed by atoms with Crippen LogP contribution in [0.15, 0.2) is 55.3 Å². The summed E-state index contributed by atoms with van der Waals surface area (Å²) < 4.78 is 21.7. The van der Waals surface area contributed by atoms with Crippen LogP contribution in [-0.4, -0.2) is 40.8 Å². The fourth-order valence-corrected chi connectivity index (χ4v) is 3.81. The number of carbonyl (C=O) groups excluding carboxylic acids is 1. The predicted octanol–water partition coefficient (Wildman–Crippen LogP) is 4.20. The minimum absolute atomic E-state index is 0.0208. The van der Waals surface area contributed by atoms with Crippen molar-refractivity contribution in [1.82, 2.24) is 14.7 Å². The molecule has 0 N–H and O–H groups in total. The molecule has 6 heteroatoms. The summed E-state index contributed by atoms with van der Waals surface area (Å²) in [7, 11) is 1.54. The van der Waals surface area contributed by atoms with Crippen LogP contribution >= 0.6 is 0 Å². The van der Waals surface area contributed by atoms with Gasteiger partial charge in [0.2, 0.25) is 5.91 Å². The zero-order chi connectivity index (χ0) is 19.7. The molecule has 28 heavy (non-hydrogen) atoms. The first-order valence-corrected chi connectivity index (χ1v) is 9.34. The third kappa shape index (κ3) is 3.26. The standard InChI is InChI=1S/C22H22FN3O2/c1-3-21(27)25-11-9-17(10-12-25)26-14-16-8-7-15(13-19(16)24-26)22-18(23)5-4-6-20(22)28-2/h3-8,13-14,17H,1,9-12H2,2H3. The molecule has 0 unspecified atom stereocenters. The molecule has 1 aliphatic rings. The number of fused-ring (bicyclic) bond motifs is 1. The maximum absolute atomic E-state index is 14.4.